The summed E-state index contributed by atoms with van der Waals surface area (Å²) in [5, 5.41) is 7.35. The Bertz CT molecular complexity index is 397. The first-order valence-corrected chi connectivity index (χ1v) is 8.07. The minimum Gasteiger partial charge on any atom is -0.305 e. The van der Waals surface area contributed by atoms with Gasteiger partial charge in [-0.05, 0) is 38.1 Å². The van der Waals surface area contributed by atoms with Crippen LogP contribution >= 0.6 is 11.3 Å². The lowest BCUT2D eigenvalue weighted by Gasteiger charge is -2.49. The normalized spacial score (nSPS) is 27.3. The summed E-state index contributed by atoms with van der Waals surface area (Å²) in [5.41, 5.74) is 1.55. The molecule has 0 bridgehead atoms. The number of nitrogens with zero attached hydrogens (tertiary/aromatic N) is 1. The smallest absolute Gasteiger partial charge is 0.114 e. The van der Waals surface area contributed by atoms with E-state index in [1.807, 2.05) is 11.3 Å². The summed E-state index contributed by atoms with van der Waals surface area (Å²) in [6.45, 7) is 10.2. The van der Waals surface area contributed by atoms with Gasteiger partial charge in [-0.3, -0.25) is 0 Å². The molecule has 0 amide bonds. The van der Waals surface area contributed by atoms with E-state index in [0.717, 1.165) is 12.2 Å². The molecule has 0 aromatic carbocycles. The summed E-state index contributed by atoms with van der Waals surface area (Å²) in [6, 6.07) is 0. The number of hydrogen-bond acceptors (Lipinski definition) is 3. The van der Waals surface area contributed by atoms with E-state index >= 15 is 0 Å². The number of thiazole rings is 1. The first-order chi connectivity index (χ1) is 8.52. The van der Waals surface area contributed by atoms with Crippen molar-refractivity contribution in [3.05, 3.63) is 16.1 Å². The van der Waals surface area contributed by atoms with E-state index in [4.69, 9.17) is 4.98 Å². The minimum absolute atomic E-state index is 0.0974. The van der Waals surface area contributed by atoms with Crippen molar-refractivity contribution in [1.29, 1.82) is 0 Å². The molecule has 1 atom stereocenters. The van der Waals surface area contributed by atoms with Crippen LogP contribution < -0.4 is 5.32 Å². The Labute approximate surface area is 115 Å². The fourth-order valence-electron chi connectivity index (χ4n) is 3.20. The molecule has 18 heavy (non-hydrogen) atoms. The lowest BCUT2D eigenvalue weighted by molar-refractivity contribution is 0.0592. The van der Waals surface area contributed by atoms with E-state index < -0.39 is 0 Å². The highest BCUT2D eigenvalue weighted by atomic mass is 32.1. The van der Waals surface area contributed by atoms with Gasteiger partial charge in [0.2, 0.25) is 0 Å². The quantitative estimate of drug-likeness (QED) is 0.881. The highest BCUT2D eigenvalue weighted by molar-refractivity contribution is 7.09. The SMILES string of the molecule is CCCNC1(c2nc(C)cs2)CCCCC1(C)C. The molecular weight excluding hydrogens is 240 g/mol. The molecule has 2 nitrogen and oxygen atoms in total. The third-order valence-electron chi connectivity index (χ3n) is 4.42. The van der Waals surface area contributed by atoms with E-state index in [0.29, 0.717) is 5.41 Å². The average molecular weight is 266 g/mol. The fourth-order valence-corrected chi connectivity index (χ4v) is 4.38. The molecule has 0 radical (unpaired) electrons. The van der Waals surface area contributed by atoms with Gasteiger partial charge in [0.25, 0.3) is 0 Å². The van der Waals surface area contributed by atoms with E-state index in [2.05, 4.69) is 38.4 Å². The lowest BCUT2D eigenvalue weighted by atomic mass is 9.63. The van der Waals surface area contributed by atoms with E-state index in [1.54, 1.807) is 0 Å². The Hall–Kier alpha value is -0.410. The number of rotatable bonds is 4. The van der Waals surface area contributed by atoms with Crippen molar-refractivity contribution in [2.75, 3.05) is 6.54 Å². The molecule has 2 rings (SSSR count). The van der Waals surface area contributed by atoms with E-state index in [1.165, 1.54) is 37.1 Å². The molecular formula is C15H26N2S. The third-order valence-corrected chi connectivity index (χ3v) is 5.54. The fraction of sp³-hybridized carbons (Fsp3) is 0.800. The first kappa shape index (κ1) is 14.0. The average Bonchev–Trinajstić information content (AvgIpc) is 2.75. The van der Waals surface area contributed by atoms with Gasteiger partial charge in [0.1, 0.15) is 5.01 Å². The van der Waals surface area contributed by atoms with Crippen LogP contribution in [0.1, 0.15) is 63.6 Å². The molecule has 1 aromatic rings. The Kier molecular flexibility index (Phi) is 4.12. The summed E-state index contributed by atoms with van der Waals surface area (Å²) < 4.78 is 0. The first-order valence-electron chi connectivity index (χ1n) is 7.19. The van der Waals surface area contributed by atoms with Crippen LogP contribution in [0.2, 0.25) is 0 Å². The number of aryl methyl sites for hydroxylation is 1. The highest BCUT2D eigenvalue weighted by Crippen LogP contribution is 2.50. The zero-order valence-corrected chi connectivity index (χ0v) is 13.0. The van der Waals surface area contributed by atoms with Crippen molar-refractivity contribution in [2.24, 2.45) is 5.41 Å². The van der Waals surface area contributed by atoms with Gasteiger partial charge in [0.05, 0.1) is 5.54 Å². The zero-order chi connectivity index (χ0) is 13.2. The monoisotopic (exact) mass is 266 g/mol. The predicted octanol–water partition coefficient (Wildman–Crippen LogP) is 4.25. The number of nitrogens with one attached hydrogen (secondary N) is 1. The van der Waals surface area contributed by atoms with E-state index in [9.17, 15) is 0 Å². The topological polar surface area (TPSA) is 24.9 Å². The Morgan fingerprint density at radius 3 is 2.61 bits per heavy atom. The number of hydrogen-bond donors (Lipinski definition) is 1. The Morgan fingerprint density at radius 2 is 2.06 bits per heavy atom. The second-order valence-corrected chi connectivity index (χ2v) is 7.08. The van der Waals surface area contributed by atoms with Gasteiger partial charge in [-0.1, -0.05) is 33.6 Å². The van der Waals surface area contributed by atoms with Crippen LogP contribution in [-0.2, 0) is 5.54 Å². The maximum atomic E-state index is 4.81. The molecule has 0 aliphatic heterocycles. The maximum absolute atomic E-state index is 4.81. The zero-order valence-electron chi connectivity index (χ0n) is 12.2. The van der Waals surface area contributed by atoms with Gasteiger partial charge in [0, 0.05) is 11.1 Å². The van der Waals surface area contributed by atoms with Gasteiger partial charge >= 0.3 is 0 Å². The molecule has 1 aliphatic rings. The van der Waals surface area contributed by atoms with Crippen LogP contribution in [-0.4, -0.2) is 11.5 Å². The third kappa shape index (κ3) is 2.35. The Morgan fingerprint density at radius 1 is 1.33 bits per heavy atom. The summed E-state index contributed by atoms with van der Waals surface area (Å²) in [6.07, 6.45) is 6.38. The van der Waals surface area contributed by atoms with Crippen LogP contribution in [0.15, 0.2) is 5.38 Å². The van der Waals surface area contributed by atoms with Crippen LogP contribution in [0.25, 0.3) is 0 Å². The minimum atomic E-state index is 0.0974. The van der Waals surface area contributed by atoms with Gasteiger partial charge < -0.3 is 5.32 Å². The molecule has 1 aromatic heterocycles. The molecule has 3 heteroatoms. The molecule has 102 valence electrons. The summed E-state index contributed by atoms with van der Waals surface area (Å²) in [4.78, 5) is 4.81. The molecule has 1 N–H and O–H groups in total. The molecule has 1 saturated carbocycles. The molecule has 1 heterocycles. The molecule has 0 spiro atoms. The van der Waals surface area contributed by atoms with Crippen molar-refractivity contribution in [3.8, 4) is 0 Å². The summed E-state index contributed by atoms with van der Waals surface area (Å²) in [7, 11) is 0. The van der Waals surface area contributed by atoms with Crippen molar-refractivity contribution in [1.82, 2.24) is 10.3 Å². The summed E-state index contributed by atoms with van der Waals surface area (Å²) >= 11 is 1.83. The van der Waals surface area contributed by atoms with Gasteiger partial charge in [-0.15, -0.1) is 11.3 Å². The van der Waals surface area contributed by atoms with Crippen LogP contribution in [0.4, 0.5) is 0 Å². The predicted molar refractivity (Wildman–Crippen MR) is 79.1 cm³/mol. The van der Waals surface area contributed by atoms with E-state index in [-0.39, 0.29) is 5.54 Å². The number of aromatic nitrogens is 1. The highest BCUT2D eigenvalue weighted by Gasteiger charge is 2.49. The summed E-state index contributed by atoms with van der Waals surface area (Å²) in [5.74, 6) is 0. The lowest BCUT2D eigenvalue weighted by Crippen LogP contribution is -2.55. The van der Waals surface area contributed by atoms with Gasteiger partial charge in [-0.25, -0.2) is 4.98 Å². The van der Waals surface area contributed by atoms with Gasteiger partial charge in [0.15, 0.2) is 0 Å². The van der Waals surface area contributed by atoms with Crippen molar-refractivity contribution < 1.29 is 0 Å². The Balaban J connectivity index is 2.38. The standard InChI is InChI=1S/C15H26N2S/c1-5-10-16-15(13-17-12(2)11-18-13)9-7-6-8-14(15,3)4/h11,16H,5-10H2,1-4H3. The van der Waals surface area contributed by atoms with Crippen LogP contribution in [0.5, 0.6) is 0 Å². The molecule has 1 unspecified atom stereocenters. The van der Waals surface area contributed by atoms with Crippen LogP contribution in [0, 0.1) is 12.3 Å². The maximum Gasteiger partial charge on any atom is 0.114 e. The molecule has 1 aliphatic carbocycles. The van der Waals surface area contributed by atoms with Crippen molar-refractivity contribution >= 4 is 11.3 Å². The second kappa shape index (κ2) is 5.30. The van der Waals surface area contributed by atoms with Crippen LogP contribution in [0.3, 0.4) is 0 Å². The second-order valence-electron chi connectivity index (χ2n) is 6.22. The molecule has 1 fully saturated rings. The molecule has 0 saturated heterocycles. The van der Waals surface area contributed by atoms with Crippen molar-refractivity contribution in [3.63, 3.8) is 0 Å². The van der Waals surface area contributed by atoms with Crippen molar-refractivity contribution in [2.45, 2.75) is 65.3 Å². The van der Waals surface area contributed by atoms with Gasteiger partial charge in [-0.2, -0.15) is 0 Å². The largest absolute Gasteiger partial charge is 0.305 e.